The number of carbonyl (C=O) groups is 1. The van der Waals surface area contributed by atoms with Gasteiger partial charge in [0.2, 0.25) is 0 Å². The van der Waals surface area contributed by atoms with Crippen LogP contribution in [0.2, 0.25) is 0 Å². The Morgan fingerprint density at radius 2 is 1.87 bits per heavy atom. The van der Waals surface area contributed by atoms with Crippen molar-refractivity contribution in [2.75, 3.05) is 13.7 Å². The van der Waals surface area contributed by atoms with Crippen LogP contribution in [0.15, 0.2) is 81.7 Å². The Labute approximate surface area is 277 Å². The Bertz CT molecular complexity index is 1950. The van der Waals surface area contributed by atoms with Crippen molar-refractivity contribution in [2.24, 2.45) is 4.99 Å². The van der Waals surface area contributed by atoms with Gasteiger partial charge in [-0.2, -0.15) is 0 Å². The second-order valence-corrected chi connectivity index (χ2v) is 12.7. The maximum absolute atomic E-state index is 14.3. The summed E-state index contributed by atoms with van der Waals surface area (Å²) in [6.07, 6.45) is 1.60. The molecule has 3 aromatic carbocycles. The monoisotopic (exact) mass is 742 g/mol. The third-order valence-electron chi connectivity index (χ3n) is 6.94. The van der Waals surface area contributed by atoms with Crippen molar-refractivity contribution in [1.29, 1.82) is 0 Å². The van der Waals surface area contributed by atoms with E-state index in [-0.39, 0.29) is 36.3 Å². The van der Waals surface area contributed by atoms with Crippen molar-refractivity contribution in [3.05, 3.63) is 118 Å². The van der Waals surface area contributed by atoms with Crippen molar-refractivity contribution in [2.45, 2.75) is 46.4 Å². The van der Waals surface area contributed by atoms with E-state index in [4.69, 9.17) is 18.9 Å². The summed E-state index contributed by atoms with van der Waals surface area (Å²) in [6.45, 7) is 7.65. The number of hydrogen-bond acceptors (Lipinski definition) is 8. The second kappa shape index (κ2) is 14.0. The van der Waals surface area contributed by atoms with E-state index in [0.717, 1.165) is 9.13 Å². The number of methoxy groups -OCH3 is 1. The van der Waals surface area contributed by atoms with Gasteiger partial charge < -0.3 is 18.9 Å². The number of ether oxygens (including phenoxy) is 4. The molecule has 234 valence electrons. The van der Waals surface area contributed by atoms with Gasteiger partial charge in [-0.25, -0.2) is 14.2 Å². The summed E-state index contributed by atoms with van der Waals surface area (Å²) >= 11 is 3.39. The van der Waals surface area contributed by atoms with Crippen LogP contribution in [0.4, 0.5) is 4.39 Å². The van der Waals surface area contributed by atoms with E-state index in [9.17, 15) is 14.0 Å². The highest BCUT2D eigenvalue weighted by Crippen LogP contribution is 2.37. The standard InChI is InChI=1S/C34H32FIN2O6S/c1-6-42-33(40)29-20(4)37-34-38(30(29)25-9-7-8-10-26(25)44-19(2)3)32(39)28(45-34)16-22-15-24(36)17-27(41-5)31(22)43-18-21-11-13-23(35)14-12-21/h7-17,19,30H,6,18H2,1-5H3/b28-16-/t30-/m0/s1. The van der Waals surface area contributed by atoms with Crippen molar-refractivity contribution in [3.8, 4) is 17.2 Å². The number of aromatic nitrogens is 1. The molecule has 1 aromatic heterocycles. The lowest BCUT2D eigenvalue weighted by molar-refractivity contribution is -0.139. The molecule has 0 unspecified atom stereocenters. The summed E-state index contributed by atoms with van der Waals surface area (Å²) in [5.74, 6) is 0.600. The average Bonchev–Trinajstić information content (AvgIpc) is 3.30. The van der Waals surface area contributed by atoms with Gasteiger partial charge in [0.15, 0.2) is 16.3 Å². The Balaban J connectivity index is 1.69. The molecule has 11 heteroatoms. The van der Waals surface area contributed by atoms with E-state index in [1.54, 1.807) is 39.2 Å². The molecule has 0 N–H and O–H groups in total. The highest BCUT2D eigenvalue weighted by molar-refractivity contribution is 14.1. The molecule has 0 saturated carbocycles. The number of carbonyl (C=O) groups excluding carboxylic acids is 1. The molecule has 0 spiro atoms. The van der Waals surface area contributed by atoms with Crippen LogP contribution in [0, 0.1) is 9.39 Å². The summed E-state index contributed by atoms with van der Waals surface area (Å²) in [5.41, 5.74) is 2.44. The van der Waals surface area contributed by atoms with Gasteiger partial charge in [0, 0.05) is 14.7 Å². The molecule has 8 nitrogen and oxygen atoms in total. The predicted octanol–water partition coefficient (Wildman–Crippen LogP) is 5.92. The zero-order valence-corrected chi connectivity index (χ0v) is 28.4. The van der Waals surface area contributed by atoms with Crippen LogP contribution >= 0.6 is 33.9 Å². The first kappa shape index (κ1) is 32.4. The number of para-hydroxylation sites is 1. The lowest BCUT2D eigenvalue weighted by Gasteiger charge is -2.26. The fourth-order valence-corrected chi connectivity index (χ4v) is 6.69. The molecule has 0 aliphatic carbocycles. The Morgan fingerprint density at radius 3 is 2.56 bits per heavy atom. The van der Waals surface area contributed by atoms with E-state index in [1.165, 1.54) is 28.0 Å². The van der Waals surface area contributed by atoms with Crippen LogP contribution in [-0.4, -0.2) is 30.4 Å². The molecule has 2 heterocycles. The van der Waals surface area contributed by atoms with Crippen molar-refractivity contribution in [1.82, 2.24) is 4.57 Å². The normalized spacial score (nSPS) is 14.7. The molecule has 0 saturated heterocycles. The summed E-state index contributed by atoms with van der Waals surface area (Å²) < 4.78 is 39.6. The molecule has 1 aliphatic rings. The first-order valence-electron chi connectivity index (χ1n) is 14.3. The van der Waals surface area contributed by atoms with Gasteiger partial charge in [0.1, 0.15) is 24.2 Å². The third kappa shape index (κ3) is 6.99. The number of esters is 1. The van der Waals surface area contributed by atoms with Gasteiger partial charge in [0.05, 0.1) is 35.6 Å². The smallest absolute Gasteiger partial charge is 0.338 e. The van der Waals surface area contributed by atoms with Crippen LogP contribution in [0.1, 0.15) is 50.4 Å². The van der Waals surface area contributed by atoms with E-state index in [1.807, 2.05) is 50.2 Å². The highest BCUT2D eigenvalue weighted by atomic mass is 127. The molecular formula is C34H32FIN2O6S. The van der Waals surface area contributed by atoms with E-state index >= 15 is 0 Å². The molecule has 1 atom stereocenters. The summed E-state index contributed by atoms with van der Waals surface area (Å²) in [7, 11) is 1.55. The van der Waals surface area contributed by atoms with Crippen LogP contribution in [0.5, 0.6) is 17.2 Å². The summed E-state index contributed by atoms with van der Waals surface area (Å²) in [5, 5.41) is 0. The van der Waals surface area contributed by atoms with Gasteiger partial charge in [-0.3, -0.25) is 9.36 Å². The fraction of sp³-hybridized carbons (Fsp3) is 0.265. The Morgan fingerprint density at radius 1 is 1.13 bits per heavy atom. The van der Waals surface area contributed by atoms with Crippen LogP contribution in [-0.2, 0) is 16.1 Å². The zero-order chi connectivity index (χ0) is 32.2. The molecule has 5 rings (SSSR count). The average molecular weight is 743 g/mol. The summed E-state index contributed by atoms with van der Waals surface area (Å²) in [6, 6.07) is 16.3. The number of thiazole rings is 1. The van der Waals surface area contributed by atoms with Gasteiger partial charge in [-0.1, -0.05) is 41.7 Å². The van der Waals surface area contributed by atoms with Gasteiger partial charge in [0.25, 0.3) is 5.56 Å². The molecular weight excluding hydrogens is 710 g/mol. The number of hydrogen-bond donors (Lipinski definition) is 0. The van der Waals surface area contributed by atoms with Crippen LogP contribution in [0.25, 0.3) is 6.08 Å². The number of allylic oxidation sites excluding steroid dienone is 1. The number of nitrogens with zero attached hydrogens (tertiary/aromatic N) is 2. The molecule has 0 radical (unpaired) electrons. The maximum Gasteiger partial charge on any atom is 0.338 e. The molecule has 0 amide bonds. The molecule has 1 aliphatic heterocycles. The van der Waals surface area contributed by atoms with Gasteiger partial charge in [-0.05, 0) is 92.3 Å². The van der Waals surface area contributed by atoms with Crippen LogP contribution in [0.3, 0.4) is 0 Å². The van der Waals surface area contributed by atoms with E-state index < -0.39 is 12.0 Å². The lowest BCUT2D eigenvalue weighted by atomic mass is 9.95. The molecule has 45 heavy (non-hydrogen) atoms. The fourth-order valence-electron chi connectivity index (χ4n) is 5.03. The summed E-state index contributed by atoms with van der Waals surface area (Å²) in [4.78, 5) is 32.8. The Hall–Kier alpha value is -3.97. The minimum absolute atomic E-state index is 0.137. The second-order valence-electron chi connectivity index (χ2n) is 10.4. The SMILES string of the molecule is CCOC(=O)C1=C(C)N=c2s/c(=C\c3cc(I)cc(OC)c3OCc3ccc(F)cc3)c(=O)n2[C@H]1c1ccccc1OC(C)C. The number of halogens is 2. The lowest BCUT2D eigenvalue weighted by Crippen LogP contribution is -2.40. The van der Waals surface area contributed by atoms with Gasteiger partial charge in [-0.15, -0.1) is 0 Å². The van der Waals surface area contributed by atoms with Crippen molar-refractivity contribution in [3.63, 3.8) is 0 Å². The first-order chi connectivity index (χ1) is 21.6. The zero-order valence-electron chi connectivity index (χ0n) is 25.4. The minimum atomic E-state index is -0.822. The van der Waals surface area contributed by atoms with E-state index in [2.05, 4.69) is 27.6 Å². The number of benzene rings is 3. The quantitative estimate of drug-likeness (QED) is 0.148. The van der Waals surface area contributed by atoms with Gasteiger partial charge >= 0.3 is 5.97 Å². The largest absolute Gasteiger partial charge is 0.493 e. The molecule has 0 fully saturated rings. The van der Waals surface area contributed by atoms with Crippen molar-refractivity contribution < 1.29 is 28.1 Å². The molecule has 4 aromatic rings. The third-order valence-corrected chi connectivity index (χ3v) is 8.55. The number of rotatable bonds is 10. The maximum atomic E-state index is 14.3. The predicted molar refractivity (Wildman–Crippen MR) is 179 cm³/mol. The number of fused-ring (bicyclic) bond motifs is 1. The first-order valence-corrected chi connectivity index (χ1v) is 16.2. The minimum Gasteiger partial charge on any atom is -0.493 e. The Kier molecular flexibility index (Phi) is 10.1. The molecule has 0 bridgehead atoms. The van der Waals surface area contributed by atoms with E-state index in [0.29, 0.717) is 43.4 Å². The topological polar surface area (TPSA) is 88.4 Å². The van der Waals surface area contributed by atoms with Crippen LogP contribution < -0.4 is 29.1 Å². The van der Waals surface area contributed by atoms with Crippen molar-refractivity contribution >= 4 is 46.0 Å². The highest BCUT2D eigenvalue weighted by Gasteiger charge is 2.35.